The van der Waals surface area contributed by atoms with Crippen LogP contribution >= 0.6 is 11.6 Å². The first-order chi connectivity index (χ1) is 19.2. The third kappa shape index (κ3) is 7.34. The zero-order valence-corrected chi connectivity index (χ0v) is 24.9. The summed E-state index contributed by atoms with van der Waals surface area (Å²) in [5, 5.41) is 26.8. The van der Waals surface area contributed by atoms with E-state index in [1.54, 1.807) is 6.92 Å². The summed E-state index contributed by atoms with van der Waals surface area (Å²) in [5.74, 6) is -1.34. The van der Waals surface area contributed by atoms with Gasteiger partial charge in [0.2, 0.25) is 0 Å². The van der Waals surface area contributed by atoms with Gasteiger partial charge in [0.25, 0.3) is 5.91 Å². The van der Waals surface area contributed by atoms with Crippen molar-refractivity contribution in [3.8, 4) is 17.0 Å². The van der Waals surface area contributed by atoms with Crippen molar-refractivity contribution >= 4 is 27.3 Å². The first-order valence-corrected chi connectivity index (χ1v) is 15.3. The van der Waals surface area contributed by atoms with Crippen LogP contribution in [0, 0.1) is 5.41 Å². The molecule has 42 heavy (non-hydrogen) atoms. The van der Waals surface area contributed by atoms with Gasteiger partial charge in [0.1, 0.15) is 21.2 Å². The molecule has 9 nitrogen and oxygen atoms in total. The van der Waals surface area contributed by atoms with E-state index in [1.165, 1.54) is 16.8 Å². The summed E-state index contributed by atoms with van der Waals surface area (Å²) in [6, 6.07) is 3.63. The Balaban J connectivity index is 1.91. The highest BCUT2D eigenvalue weighted by Gasteiger charge is 2.47. The highest BCUT2D eigenvalue weighted by atomic mass is 35.5. The van der Waals surface area contributed by atoms with Crippen LogP contribution in [-0.4, -0.2) is 76.9 Å². The van der Waals surface area contributed by atoms with Crippen LogP contribution in [0.1, 0.15) is 56.1 Å². The lowest BCUT2D eigenvalue weighted by molar-refractivity contribution is -0.211. The van der Waals surface area contributed by atoms with E-state index in [9.17, 15) is 45.4 Å². The Morgan fingerprint density at radius 3 is 2.48 bits per heavy atom. The lowest BCUT2D eigenvalue weighted by Gasteiger charge is -2.39. The Labute approximate surface area is 244 Å². The van der Waals surface area contributed by atoms with Gasteiger partial charge >= 0.3 is 12.8 Å². The van der Waals surface area contributed by atoms with Crippen molar-refractivity contribution in [3.63, 3.8) is 0 Å². The summed E-state index contributed by atoms with van der Waals surface area (Å²) in [6.07, 6.45) is -5.75. The number of amides is 1. The Hall–Kier alpha value is -2.49. The van der Waals surface area contributed by atoms with E-state index < -0.39 is 69.6 Å². The molecule has 16 heteroatoms. The molecule has 2 aromatic rings. The van der Waals surface area contributed by atoms with Gasteiger partial charge in [-0.2, -0.15) is 27.1 Å². The van der Waals surface area contributed by atoms with Gasteiger partial charge in [-0.05, 0) is 50.3 Å². The quantitative estimate of drug-likeness (QED) is 0.327. The number of carbonyl (C=O) groups excluding carboxylic acids is 1. The maximum atomic E-state index is 13.4. The van der Waals surface area contributed by atoms with Crippen LogP contribution in [0.3, 0.4) is 0 Å². The molecule has 1 fully saturated rings. The molecule has 1 heterocycles. The zero-order valence-electron chi connectivity index (χ0n) is 23.3. The molecule has 1 aliphatic carbocycles. The molecule has 1 saturated carbocycles. The van der Waals surface area contributed by atoms with E-state index in [0.29, 0.717) is 0 Å². The van der Waals surface area contributed by atoms with Crippen molar-refractivity contribution in [1.82, 2.24) is 15.1 Å². The Morgan fingerprint density at radius 2 is 1.95 bits per heavy atom. The van der Waals surface area contributed by atoms with Crippen molar-refractivity contribution in [2.45, 2.75) is 82.7 Å². The van der Waals surface area contributed by atoms with Crippen LogP contribution in [0.2, 0.25) is 5.02 Å². The predicted octanol–water partition coefficient (Wildman–Crippen LogP) is 4.37. The summed E-state index contributed by atoms with van der Waals surface area (Å²) in [6.45, 7) is -0.0854. The fraction of sp³-hybridized carbons (Fsp3) is 0.615. The number of aliphatic hydroxyl groups excluding tert-OH is 1. The number of nitrogens with one attached hydrogen (secondary N) is 1. The second kappa shape index (κ2) is 12.2. The number of nitrogens with zero attached hydrogens (tertiary/aromatic N) is 2. The molecule has 0 bridgehead atoms. The number of aromatic nitrogens is 2. The molecule has 1 amide bonds. The van der Waals surface area contributed by atoms with Crippen LogP contribution in [0.4, 0.5) is 22.0 Å². The smallest absolute Gasteiger partial charge is 0.394 e. The Morgan fingerprint density at radius 1 is 1.31 bits per heavy atom. The standard InChI is InChI=1S/C26H33ClF5N3O6S/c1-5-35-21(16-7-6-14(10-17(16)41-23(28)29)12-24(2,3)26(30,31)32)19(27)20(34-35)22(37)33-13-25(38)9-8-15(11-18(25)36)42(4,39)40/h6-7,10,15,18,23,36,38H,5,8-9,11-13H2,1-4H3,(H,33,37)/t15-,18+,25+/m1/s1. The Kier molecular flexibility index (Phi) is 9.92. The second-order valence-corrected chi connectivity index (χ2v) is 13.8. The third-order valence-corrected chi connectivity index (χ3v) is 9.50. The van der Waals surface area contributed by atoms with Gasteiger partial charge in [-0.25, -0.2) is 8.42 Å². The number of benzene rings is 1. The number of rotatable bonds is 10. The van der Waals surface area contributed by atoms with Gasteiger partial charge in [-0.3, -0.25) is 9.48 Å². The molecule has 236 valence electrons. The SMILES string of the molecule is CCn1nc(C(=O)NC[C@@]2(O)CC[C@@H](S(C)(=O)=O)C[C@@H]2O)c(Cl)c1-c1ccc(CC(C)(C)C(F)(F)F)cc1OC(F)F. The highest BCUT2D eigenvalue weighted by Crippen LogP contribution is 2.43. The molecule has 0 radical (unpaired) electrons. The minimum absolute atomic E-state index is 0.00555. The van der Waals surface area contributed by atoms with Gasteiger partial charge in [-0.15, -0.1) is 0 Å². The average molecular weight is 646 g/mol. The minimum Gasteiger partial charge on any atom is -0.434 e. The molecule has 1 aliphatic rings. The first-order valence-electron chi connectivity index (χ1n) is 13.0. The first kappa shape index (κ1) is 34.0. The minimum atomic E-state index is -4.56. The van der Waals surface area contributed by atoms with Gasteiger partial charge in [-0.1, -0.05) is 31.5 Å². The molecule has 1 aromatic heterocycles. The molecular weight excluding hydrogens is 613 g/mol. The lowest BCUT2D eigenvalue weighted by atomic mass is 9.82. The second-order valence-electron chi connectivity index (χ2n) is 11.1. The summed E-state index contributed by atoms with van der Waals surface area (Å²) in [7, 11) is -3.45. The molecular formula is C26H33ClF5N3O6S. The van der Waals surface area contributed by atoms with E-state index >= 15 is 0 Å². The van der Waals surface area contributed by atoms with Crippen molar-refractivity contribution in [2.24, 2.45) is 5.41 Å². The van der Waals surface area contributed by atoms with E-state index in [1.807, 2.05) is 0 Å². The third-order valence-electron chi connectivity index (χ3n) is 7.51. The van der Waals surface area contributed by atoms with E-state index in [-0.39, 0.29) is 53.3 Å². The number of aliphatic hydroxyl groups is 2. The van der Waals surface area contributed by atoms with Crippen molar-refractivity contribution < 1.29 is 50.1 Å². The van der Waals surface area contributed by atoms with Crippen LogP contribution in [0.5, 0.6) is 5.75 Å². The number of hydrogen-bond donors (Lipinski definition) is 3. The molecule has 0 spiro atoms. The fourth-order valence-electron chi connectivity index (χ4n) is 4.82. The molecule has 0 unspecified atom stereocenters. The van der Waals surface area contributed by atoms with Gasteiger partial charge in [0.05, 0.1) is 27.5 Å². The number of alkyl halides is 5. The molecule has 0 saturated heterocycles. The van der Waals surface area contributed by atoms with Gasteiger partial charge < -0.3 is 20.3 Å². The topological polar surface area (TPSA) is 131 Å². The Bertz CT molecular complexity index is 1420. The van der Waals surface area contributed by atoms with Gasteiger partial charge in [0, 0.05) is 24.9 Å². The van der Waals surface area contributed by atoms with Crippen molar-refractivity contribution in [1.29, 1.82) is 0 Å². The molecule has 0 aliphatic heterocycles. The summed E-state index contributed by atoms with van der Waals surface area (Å²) < 4.78 is 96.4. The number of ether oxygens (including phenoxy) is 1. The molecule has 3 N–H and O–H groups in total. The number of hydrogen-bond acceptors (Lipinski definition) is 7. The summed E-state index contributed by atoms with van der Waals surface area (Å²) in [4.78, 5) is 13.0. The summed E-state index contributed by atoms with van der Waals surface area (Å²) >= 11 is 6.49. The monoisotopic (exact) mass is 645 g/mol. The van der Waals surface area contributed by atoms with Crippen molar-refractivity contribution in [3.05, 3.63) is 34.5 Å². The van der Waals surface area contributed by atoms with Crippen LogP contribution in [0.15, 0.2) is 18.2 Å². The summed E-state index contributed by atoms with van der Waals surface area (Å²) in [5.41, 5.74) is -4.30. The number of aryl methyl sites for hydroxylation is 1. The highest BCUT2D eigenvalue weighted by molar-refractivity contribution is 7.91. The average Bonchev–Trinajstić information content (AvgIpc) is 3.18. The fourth-order valence-corrected chi connectivity index (χ4v) is 6.22. The maximum absolute atomic E-state index is 13.4. The predicted molar refractivity (Wildman–Crippen MR) is 144 cm³/mol. The molecule has 3 atom stereocenters. The van der Waals surface area contributed by atoms with E-state index in [2.05, 4.69) is 15.2 Å². The largest absolute Gasteiger partial charge is 0.434 e. The van der Waals surface area contributed by atoms with Crippen LogP contribution in [0.25, 0.3) is 11.3 Å². The molecule has 3 rings (SSSR count). The van der Waals surface area contributed by atoms with E-state index in [0.717, 1.165) is 26.2 Å². The normalized spacial score (nSPS) is 21.9. The number of sulfone groups is 1. The van der Waals surface area contributed by atoms with Gasteiger partial charge in [0.15, 0.2) is 5.69 Å². The lowest BCUT2D eigenvalue weighted by Crippen LogP contribution is -2.56. The number of halogens is 6. The zero-order chi connectivity index (χ0) is 31.8. The van der Waals surface area contributed by atoms with Crippen LogP contribution in [-0.2, 0) is 22.8 Å². The van der Waals surface area contributed by atoms with E-state index in [4.69, 9.17) is 11.6 Å². The van der Waals surface area contributed by atoms with Crippen molar-refractivity contribution in [2.75, 3.05) is 12.8 Å². The maximum Gasteiger partial charge on any atom is 0.394 e. The number of carbonyl (C=O) groups is 1. The molecule has 1 aromatic carbocycles. The van der Waals surface area contributed by atoms with Crippen LogP contribution < -0.4 is 10.1 Å².